The standard InChI is InChI=1S/C8H9NO3/c1-3-7(6-10)5-8(4-2)9(11)12/h3-6H,1H2,2H3/b7-5+,8-4+. The topological polar surface area (TPSA) is 60.2 Å². The molecule has 0 amide bonds. The molecule has 0 bridgehead atoms. The van der Waals surface area contributed by atoms with Crippen LogP contribution in [0.3, 0.4) is 0 Å². The first-order chi connectivity index (χ1) is 5.65. The van der Waals surface area contributed by atoms with Crippen LogP contribution in [-0.2, 0) is 4.79 Å². The lowest BCUT2D eigenvalue weighted by Crippen LogP contribution is -1.96. The summed E-state index contributed by atoms with van der Waals surface area (Å²) in [6.45, 7) is 4.86. The van der Waals surface area contributed by atoms with Crippen molar-refractivity contribution in [3.05, 3.63) is 46.2 Å². The van der Waals surface area contributed by atoms with Gasteiger partial charge in [-0.1, -0.05) is 12.7 Å². The molecule has 4 nitrogen and oxygen atoms in total. The molecule has 0 aromatic carbocycles. The first-order valence-electron chi connectivity index (χ1n) is 3.25. The van der Waals surface area contributed by atoms with Gasteiger partial charge in [-0.2, -0.15) is 0 Å². The van der Waals surface area contributed by atoms with Crippen molar-refractivity contribution in [1.29, 1.82) is 0 Å². The molecule has 0 fully saturated rings. The first kappa shape index (κ1) is 10.3. The van der Waals surface area contributed by atoms with Crippen LogP contribution in [0.2, 0.25) is 0 Å². The molecule has 0 aromatic heterocycles. The van der Waals surface area contributed by atoms with E-state index in [2.05, 4.69) is 6.58 Å². The summed E-state index contributed by atoms with van der Waals surface area (Å²) in [5.74, 6) is 0. The summed E-state index contributed by atoms with van der Waals surface area (Å²) in [6, 6.07) is 0. The third-order valence-electron chi connectivity index (χ3n) is 1.19. The lowest BCUT2D eigenvalue weighted by molar-refractivity contribution is -0.419. The van der Waals surface area contributed by atoms with Crippen LogP contribution in [0.4, 0.5) is 0 Å². The van der Waals surface area contributed by atoms with Gasteiger partial charge in [-0.05, 0) is 13.0 Å². The van der Waals surface area contributed by atoms with Crippen LogP contribution in [0.1, 0.15) is 6.92 Å². The zero-order valence-corrected chi connectivity index (χ0v) is 6.69. The summed E-state index contributed by atoms with van der Waals surface area (Å²) < 4.78 is 0. The number of hydrogen-bond acceptors (Lipinski definition) is 3. The number of rotatable bonds is 4. The van der Waals surface area contributed by atoms with E-state index in [1.165, 1.54) is 25.2 Å². The van der Waals surface area contributed by atoms with Gasteiger partial charge in [0.15, 0.2) is 0 Å². The maximum absolute atomic E-state index is 10.2. The molecule has 64 valence electrons. The third-order valence-corrected chi connectivity index (χ3v) is 1.19. The molecule has 0 spiro atoms. The highest BCUT2D eigenvalue weighted by atomic mass is 16.6. The van der Waals surface area contributed by atoms with Gasteiger partial charge in [0.1, 0.15) is 6.29 Å². The van der Waals surface area contributed by atoms with Crippen LogP contribution in [-0.4, -0.2) is 11.2 Å². The minimum Gasteiger partial charge on any atom is -0.298 e. The predicted octanol–water partition coefficient (Wildman–Crippen LogP) is 1.48. The van der Waals surface area contributed by atoms with Gasteiger partial charge in [0.05, 0.1) is 4.92 Å². The van der Waals surface area contributed by atoms with Gasteiger partial charge in [-0.15, -0.1) is 0 Å². The number of nitro groups is 1. The van der Waals surface area contributed by atoms with Crippen molar-refractivity contribution in [2.75, 3.05) is 0 Å². The van der Waals surface area contributed by atoms with Crippen LogP contribution >= 0.6 is 0 Å². The Morgan fingerprint density at radius 2 is 2.17 bits per heavy atom. The molecule has 0 aliphatic rings. The molecular weight excluding hydrogens is 158 g/mol. The normalized spacial score (nSPS) is 12.4. The second-order valence-corrected chi connectivity index (χ2v) is 1.94. The van der Waals surface area contributed by atoms with Gasteiger partial charge in [-0.25, -0.2) is 0 Å². The van der Waals surface area contributed by atoms with Gasteiger partial charge >= 0.3 is 0 Å². The van der Waals surface area contributed by atoms with Crippen molar-refractivity contribution in [1.82, 2.24) is 0 Å². The molecule has 0 atom stereocenters. The second-order valence-electron chi connectivity index (χ2n) is 1.94. The number of hydrogen-bond donors (Lipinski definition) is 0. The molecule has 12 heavy (non-hydrogen) atoms. The van der Waals surface area contributed by atoms with Crippen LogP contribution in [0.5, 0.6) is 0 Å². The highest BCUT2D eigenvalue weighted by Crippen LogP contribution is 2.02. The zero-order chi connectivity index (χ0) is 9.56. The summed E-state index contributed by atoms with van der Waals surface area (Å²) in [6.07, 6.45) is 4.26. The SMILES string of the molecule is C=C/C(C=O)=C\C(=C/C)[N+](=O)[O-]. The molecule has 0 saturated heterocycles. The molecule has 0 unspecified atom stereocenters. The molecule has 0 aromatic rings. The van der Waals surface area contributed by atoms with E-state index in [1.54, 1.807) is 0 Å². The molecule has 4 heteroatoms. The van der Waals surface area contributed by atoms with E-state index in [9.17, 15) is 14.9 Å². The van der Waals surface area contributed by atoms with E-state index in [0.717, 1.165) is 0 Å². The van der Waals surface area contributed by atoms with Crippen molar-refractivity contribution < 1.29 is 9.72 Å². The summed E-state index contributed by atoms with van der Waals surface area (Å²) in [7, 11) is 0. The number of carbonyl (C=O) groups is 1. The molecule has 0 rings (SSSR count). The highest BCUT2D eigenvalue weighted by Gasteiger charge is 2.04. The zero-order valence-electron chi connectivity index (χ0n) is 6.69. The van der Waals surface area contributed by atoms with Gasteiger partial charge < -0.3 is 0 Å². The fourth-order valence-corrected chi connectivity index (χ4v) is 0.553. The fraction of sp³-hybridized carbons (Fsp3) is 0.125. The van der Waals surface area contributed by atoms with E-state index in [0.29, 0.717) is 6.29 Å². The van der Waals surface area contributed by atoms with E-state index >= 15 is 0 Å². The Labute approximate surface area is 70.0 Å². The van der Waals surface area contributed by atoms with Crippen molar-refractivity contribution in [3.63, 3.8) is 0 Å². The van der Waals surface area contributed by atoms with Crippen molar-refractivity contribution >= 4 is 6.29 Å². The Hall–Kier alpha value is -1.71. The highest BCUT2D eigenvalue weighted by molar-refractivity contribution is 5.77. The molecule has 0 aliphatic carbocycles. The lowest BCUT2D eigenvalue weighted by atomic mass is 10.2. The van der Waals surface area contributed by atoms with Gasteiger partial charge in [0.2, 0.25) is 0 Å². The number of allylic oxidation sites excluding steroid dienone is 4. The molecular formula is C8H9NO3. The Bertz CT molecular complexity index is 253. The van der Waals surface area contributed by atoms with E-state index < -0.39 is 4.92 Å². The van der Waals surface area contributed by atoms with Crippen molar-refractivity contribution in [2.45, 2.75) is 6.92 Å². The fourth-order valence-electron chi connectivity index (χ4n) is 0.553. The van der Waals surface area contributed by atoms with Crippen LogP contribution in [0.25, 0.3) is 0 Å². The molecule has 0 aliphatic heterocycles. The summed E-state index contributed by atoms with van der Waals surface area (Å²) in [4.78, 5) is 19.9. The van der Waals surface area contributed by atoms with Crippen molar-refractivity contribution in [3.8, 4) is 0 Å². The Morgan fingerprint density at radius 3 is 2.42 bits per heavy atom. The second kappa shape index (κ2) is 5.01. The third kappa shape index (κ3) is 2.92. The van der Waals surface area contributed by atoms with E-state index in [-0.39, 0.29) is 11.3 Å². The molecule has 0 heterocycles. The van der Waals surface area contributed by atoms with Crippen LogP contribution in [0, 0.1) is 10.1 Å². The smallest absolute Gasteiger partial charge is 0.265 e. The summed E-state index contributed by atoms with van der Waals surface area (Å²) in [5.41, 5.74) is 0.0804. The molecule has 0 N–H and O–H groups in total. The predicted molar refractivity (Wildman–Crippen MR) is 45.1 cm³/mol. The van der Waals surface area contributed by atoms with Gasteiger partial charge in [0.25, 0.3) is 5.70 Å². The lowest BCUT2D eigenvalue weighted by Gasteiger charge is -1.89. The number of nitrogens with zero attached hydrogens (tertiary/aromatic N) is 1. The summed E-state index contributed by atoms with van der Waals surface area (Å²) in [5, 5.41) is 10.2. The molecule has 0 saturated carbocycles. The average molecular weight is 167 g/mol. The average Bonchev–Trinajstić information content (AvgIpc) is 2.06. The number of carbonyl (C=O) groups excluding carboxylic acids is 1. The Morgan fingerprint density at radius 1 is 1.58 bits per heavy atom. The van der Waals surface area contributed by atoms with Crippen LogP contribution < -0.4 is 0 Å². The van der Waals surface area contributed by atoms with E-state index in [1.807, 2.05) is 0 Å². The monoisotopic (exact) mass is 167 g/mol. The largest absolute Gasteiger partial charge is 0.298 e. The van der Waals surface area contributed by atoms with Crippen molar-refractivity contribution in [2.24, 2.45) is 0 Å². The molecule has 0 radical (unpaired) electrons. The minimum absolute atomic E-state index is 0.114. The van der Waals surface area contributed by atoms with E-state index in [4.69, 9.17) is 0 Å². The van der Waals surface area contributed by atoms with Crippen LogP contribution in [0.15, 0.2) is 36.1 Å². The van der Waals surface area contributed by atoms with Gasteiger partial charge in [0, 0.05) is 11.6 Å². The first-order valence-corrected chi connectivity index (χ1v) is 3.25. The minimum atomic E-state index is -0.562. The maximum atomic E-state index is 10.2. The Balaban J connectivity index is 4.80. The van der Waals surface area contributed by atoms with Gasteiger partial charge in [-0.3, -0.25) is 14.9 Å². The maximum Gasteiger partial charge on any atom is 0.265 e. The quantitative estimate of drug-likeness (QED) is 0.209. The Kier molecular flexibility index (Phi) is 4.30. The number of aldehydes is 1. The summed E-state index contributed by atoms with van der Waals surface area (Å²) >= 11 is 0.